The monoisotopic (exact) mass is 248 g/mol. The fourth-order valence-electron chi connectivity index (χ4n) is 2.05. The molecule has 0 atom stereocenters. The maximum Gasteiger partial charge on any atom is 0.272 e. The molecule has 0 aliphatic carbocycles. The van der Waals surface area contributed by atoms with E-state index in [0.717, 1.165) is 5.56 Å². The van der Waals surface area contributed by atoms with Crippen LogP contribution in [-0.4, -0.2) is 42.1 Å². The fraction of sp³-hybridized carbons (Fsp3) is 0.571. The molecule has 1 saturated heterocycles. The molecule has 1 amide bonds. The molecule has 0 unspecified atom stereocenters. The minimum absolute atomic E-state index is 0.0195. The average molecular weight is 248 g/mol. The number of nitrogens with zero attached hydrogens (tertiary/aromatic N) is 2. The smallest absolute Gasteiger partial charge is 0.272 e. The third kappa shape index (κ3) is 2.70. The van der Waals surface area contributed by atoms with Gasteiger partial charge in [-0.2, -0.15) is 0 Å². The van der Waals surface area contributed by atoms with Crippen LogP contribution >= 0.6 is 0 Å². The SMILES string of the molecule is Cc1cc(C(C)C)cnc1C(=O)N1CCOCC1. The van der Waals surface area contributed by atoms with Crippen LogP contribution in [0.15, 0.2) is 12.3 Å². The lowest BCUT2D eigenvalue weighted by Crippen LogP contribution is -2.41. The molecule has 1 fully saturated rings. The molecule has 2 heterocycles. The molecule has 1 aliphatic heterocycles. The van der Waals surface area contributed by atoms with Gasteiger partial charge in [-0.25, -0.2) is 0 Å². The highest BCUT2D eigenvalue weighted by molar-refractivity contribution is 5.93. The van der Waals surface area contributed by atoms with Gasteiger partial charge in [-0.1, -0.05) is 19.9 Å². The van der Waals surface area contributed by atoms with Crippen LogP contribution in [0.1, 0.15) is 41.4 Å². The summed E-state index contributed by atoms with van der Waals surface area (Å²) in [5, 5.41) is 0. The summed E-state index contributed by atoms with van der Waals surface area (Å²) in [4.78, 5) is 18.5. The number of pyridine rings is 1. The molecule has 1 aromatic heterocycles. The lowest BCUT2D eigenvalue weighted by molar-refractivity contribution is 0.0298. The average Bonchev–Trinajstić information content (AvgIpc) is 2.38. The van der Waals surface area contributed by atoms with E-state index in [1.807, 2.05) is 18.0 Å². The molecule has 0 saturated carbocycles. The number of aromatic nitrogens is 1. The Morgan fingerprint density at radius 3 is 2.61 bits per heavy atom. The summed E-state index contributed by atoms with van der Waals surface area (Å²) in [6.45, 7) is 8.76. The van der Waals surface area contributed by atoms with Gasteiger partial charge in [-0.05, 0) is 24.0 Å². The molecule has 4 heteroatoms. The van der Waals surface area contributed by atoms with Gasteiger partial charge in [0.1, 0.15) is 5.69 Å². The molecule has 0 bridgehead atoms. The van der Waals surface area contributed by atoms with Crippen molar-refractivity contribution in [3.8, 4) is 0 Å². The van der Waals surface area contributed by atoms with Gasteiger partial charge in [-0.3, -0.25) is 9.78 Å². The van der Waals surface area contributed by atoms with E-state index in [1.165, 1.54) is 5.56 Å². The van der Waals surface area contributed by atoms with Gasteiger partial charge >= 0.3 is 0 Å². The topological polar surface area (TPSA) is 42.4 Å². The number of hydrogen-bond donors (Lipinski definition) is 0. The van der Waals surface area contributed by atoms with Crippen molar-refractivity contribution >= 4 is 5.91 Å². The van der Waals surface area contributed by atoms with Crippen LogP contribution in [0.3, 0.4) is 0 Å². The van der Waals surface area contributed by atoms with Crippen molar-refractivity contribution < 1.29 is 9.53 Å². The van der Waals surface area contributed by atoms with Crippen LogP contribution in [0.25, 0.3) is 0 Å². The second-order valence-corrected chi connectivity index (χ2v) is 4.99. The molecular weight excluding hydrogens is 228 g/mol. The molecule has 18 heavy (non-hydrogen) atoms. The maximum absolute atomic E-state index is 12.3. The van der Waals surface area contributed by atoms with E-state index in [1.54, 1.807) is 0 Å². The summed E-state index contributed by atoms with van der Waals surface area (Å²) in [6.07, 6.45) is 1.81. The van der Waals surface area contributed by atoms with E-state index in [4.69, 9.17) is 4.74 Å². The standard InChI is InChI=1S/C14H20N2O2/c1-10(2)12-8-11(3)13(15-9-12)14(17)16-4-6-18-7-5-16/h8-10H,4-7H2,1-3H3. The van der Waals surface area contributed by atoms with Crippen molar-refractivity contribution in [3.05, 3.63) is 29.1 Å². The Morgan fingerprint density at radius 2 is 2.06 bits per heavy atom. The number of carbonyl (C=O) groups is 1. The number of amides is 1. The van der Waals surface area contributed by atoms with Crippen molar-refractivity contribution in [2.45, 2.75) is 26.7 Å². The first kappa shape index (κ1) is 13.0. The largest absolute Gasteiger partial charge is 0.378 e. The lowest BCUT2D eigenvalue weighted by Gasteiger charge is -2.27. The van der Waals surface area contributed by atoms with Crippen molar-refractivity contribution in [3.63, 3.8) is 0 Å². The van der Waals surface area contributed by atoms with Crippen LogP contribution in [0.4, 0.5) is 0 Å². The molecule has 98 valence electrons. The molecule has 0 spiro atoms. The Labute approximate surface area is 108 Å². The van der Waals surface area contributed by atoms with Crippen molar-refractivity contribution in [2.75, 3.05) is 26.3 Å². The predicted octanol–water partition coefficient (Wildman–Crippen LogP) is 1.99. The van der Waals surface area contributed by atoms with Crippen LogP contribution in [0.5, 0.6) is 0 Å². The van der Waals surface area contributed by atoms with E-state index in [9.17, 15) is 4.79 Å². The number of aryl methyl sites for hydroxylation is 1. The molecule has 4 nitrogen and oxygen atoms in total. The molecular formula is C14H20N2O2. The molecule has 1 aromatic rings. The van der Waals surface area contributed by atoms with E-state index in [-0.39, 0.29) is 5.91 Å². The number of ether oxygens (including phenoxy) is 1. The zero-order valence-corrected chi connectivity index (χ0v) is 11.3. The molecule has 2 rings (SSSR count). The number of morpholine rings is 1. The Balaban J connectivity index is 2.19. The highest BCUT2D eigenvalue weighted by atomic mass is 16.5. The van der Waals surface area contributed by atoms with Crippen molar-refractivity contribution in [1.29, 1.82) is 0 Å². The van der Waals surface area contributed by atoms with E-state index >= 15 is 0 Å². The second-order valence-electron chi connectivity index (χ2n) is 4.99. The number of hydrogen-bond acceptors (Lipinski definition) is 3. The molecule has 0 aromatic carbocycles. The summed E-state index contributed by atoms with van der Waals surface area (Å²) in [7, 11) is 0. The van der Waals surface area contributed by atoms with Crippen molar-refractivity contribution in [1.82, 2.24) is 9.88 Å². The van der Waals surface area contributed by atoms with Gasteiger partial charge in [0.15, 0.2) is 0 Å². The summed E-state index contributed by atoms with van der Waals surface area (Å²) in [5.41, 5.74) is 2.70. The maximum atomic E-state index is 12.3. The van der Waals surface area contributed by atoms with Gasteiger partial charge in [0.05, 0.1) is 13.2 Å². The zero-order chi connectivity index (χ0) is 13.1. The molecule has 1 aliphatic rings. The minimum Gasteiger partial charge on any atom is -0.378 e. The lowest BCUT2D eigenvalue weighted by atomic mass is 10.0. The van der Waals surface area contributed by atoms with Gasteiger partial charge in [-0.15, -0.1) is 0 Å². The van der Waals surface area contributed by atoms with Gasteiger partial charge < -0.3 is 9.64 Å². The third-order valence-corrected chi connectivity index (χ3v) is 3.27. The predicted molar refractivity (Wildman–Crippen MR) is 69.8 cm³/mol. The number of carbonyl (C=O) groups excluding carboxylic acids is 1. The van der Waals surface area contributed by atoms with Crippen molar-refractivity contribution in [2.24, 2.45) is 0 Å². The molecule has 0 radical (unpaired) electrons. The summed E-state index contributed by atoms with van der Waals surface area (Å²) >= 11 is 0. The summed E-state index contributed by atoms with van der Waals surface area (Å²) in [6, 6.07) is 2.06. The number of rotatable bonds is 2. The van der Waals surface area contributed by atoms with E-state index in [0.29, 0.717) is 37.9 Å². The van der Waals surface area contributed by atoms with Gasteiger partial charge in [0, 0.05) is 19.3 Å². The van der Waals surface area contributed by atoms with E-state index in [2.05, 4.69) is 24.9 Å². The first-order valence-corrected chi connectivity index (χ1v) is 6.43. The van der Waals surface area contributed by atoms with Crippen LogP contribution in [0, 0.1) is 6.92 Å². The highest BCUT2D eigenvalue weighted by Gasteiger charge is 2.21. The summed E-state index contributed by atoms with van der Waals surface area (Å²) < 4.78 is 5.25. The Hall–Kier alpha value is -1.42. The first-order chi connectivity index (χ1) is 8.59. The van der Waals surface area contributed by atoms with Gasteiger partial charge in [0.2, 0.25) is 0 Å². The first-order valence-electron chi connectivity index (χ1n) is 6.43. The Kier molecular flexibility index (Phi) is 3.97. The minimum atomic E-state index is 0.0195. The highest BCUT2D eigenvalue weighted by Crippen LogP contribution is 2.17. The van der Waals surface area contributed by atoms with Crippen LogP contribution in [-0.2, 0) is 4.74 Å². The quantitative estimate of drug-likeness (QED) is 0.803. The molecule has 0 N–H and O–H groups in total. The van der Waals surface area contributed by atoms with Crippen LogP contribution in [0.2, 0.25) is 0 Å². The zero-order valence-electron chi connectivity index (χ0n) is 11.3. The Bertz CT molecular complexity index is 437. The van der Waals surface area contributed by atoms with E-state index < -0.39 is 0 Å². The summed E-state index contributed by atoms with van der Waals surface area (Å²) in [5.74, 6) is 0.454. The normalized spacial score (nSPS) is 16.1. The fourth-order valence-corrected chi connectivity index (χ4v) is 2.05. The Morgan fingerprint density at radius 1 is 1.39 bits per heavy atom. The van der Waals surface area contributed by atoms with Gasteiger partial charge in [0.25, 0.3) is 5.91 Å². The second kappa shape index (κ2) is 5.48. The third-order valence-electron chi connectivity index (χ3n) is 3.27. The van der Waals surface area contributed by atoms with Crippen LogP contribution < -0.4 is 0 Å².